The Morgan fingerprint density at radius 3 is 2.63 bits per heavy atom. The molecule has 6 nitrogen and oxygen atoms in total. The van der Waals surface area contributed by atoms with Crippen LogP contribution in [0.1, 0.15) is 21.6 Å². The van der Waals surface area contributed by atoms with Crippen LogP contribution in [0, 0.1) is 5.82 Å². The molecule has 0 saturated carbocycles. The van der Waals surface area contributed by atoms with E-state index < -0.39 is 29.9 Å². The van der Waals surface area contributed by atoms with E-state index in [1.165, 1.54) is 13.2 Å². The zero-order chi connectivity index (χ0) is 20.2. The Balaban J connectivity index is 2.08. The van der Waals surface area contributed by atoms with Gasteiger partial charge in [0.1, 0.15) is 11.5 Å². The fourth-order valence-electron chi connectivity index (χ4n) is 1.92. The molecule has 144 valence electrons. The van der Waals surface area contributed by atoms with Crippen LogP contribution in [-0.2, 0) is 11.0 Å². The first-order valence-corrected chi connectivity index (χ1v) is 7.99. The predicted octanol–water partition coefficient (Wildman–Crippen LogP) is 3.53. The number of ketones is 1. The quantitative estimate of drug-likeness (QED) is 0.239. The number of benzene rings is 1. The standard InChI is InChI=1S/C16H12BrF4N3O3/c1-26-15-10(17)3-5-12(23-15)14(22)24-27-7-13(25)8-2-4-11(18)9(6-8)16(19,20)21/h2-6H,7H2,1H3,(H2,22,24). The van der Waals surface area contributed by atoms with Crippen LogP contribution in [-0.4, -0.2) is 30.3 Å². The molecule has 0 atom stereocenters. The Labute approximate surface area is 159 Å². The third kappa shape index (κ3) is 5.16. The van der Waals surface area contributed by atoms with Crippen LogP contribution in [0.2, 0.25) is 0 Å². The molecule has 2 N–H and O–H groups in total. The van der Waals surface area contributed by atoms with Crippen LogP contribution in [0.5, 0.6) is 5.88 Å². The lowest BCUT2D eigenvalue weighted by Gasteiger charge is -2.09. The minimum absolute atomic E-state index is 0.177. The van der Waals surface area contributed by atoms with Gasteiger partial charge in [0.2, 0.25) is 11.7 Å². The number of halogens is 5. The van der Waals surface area contributed by atoms with Crippen molar-refractivity contribution in [2.45, 2.75) is 6.18 Å². The van der Waals surface area contributed by atoms with Crippen LogP contribution in [0.15, 0.2) is 40.0 Å². The summed E-state index contributed by atoms with van der Waals surface area (Å²) >= 11 is 3.21. The lowest BCUT2D eigenvalue weighted by Crippen LogP contribution is -2.17. The number of hydrogen-bond donors (Lipinski definition) is 1. The minimum Gasteiger partial charge on any atom is -0.480 e. The van der Waals surface area contributed by atoms with Gasteiger partial charge in [0.25, 0.3) is 0 Å². The highest BCUT2D eigenvalue weighted by Gasteiger charge is 2.34. The fourth-order valence-corrected chi connectivity index (χ4v) is 2.30. The van der Waals surface area contributed by atoms with Gasteiger partial charge in [-0.1, -0.05) is 5.16 Å². The van der Waals surface area contributed by atoms with Gasteiger partial charge >= 0.3 is 6.18 Å². The molecule has 11 heteroatoms. The van der Waals surface area contributed by atoms with Gasteiger partial charge in [-0.15, -0.1) is 0 Å². The molecular weight excluding hydrogens is 438 g/mol. The highest BCUT2D eigenvalue weighted by atomic mass is 79.9. The number of pyridine rings is 1. The monoisotopic (exact) mass is 449 g/mol. The van der Waals surface area contributed by atoms with Crippen LogP contribution in [0.25, 0.3) is 0 Å². The second kappa shape index (κ2) is 8.33. The molecule has 0 fully saturated rings. The SMILES string of the molecule is COc1nc(C(N)=NOCC(=O)c2ccc(F)c(C(F)(F)F)c2)ccc1Br. The van der Waals surface area contributed by atoms with E-state index in [0.717, 1.165) is 6.07 Å². The van der Waals surface area contributed by atoms with E-state index in [1.54, 1.807) is 6.07 Å². The maximum absolute atomic E-state index is 13.2. The number of carbonyl (C=O) groups excluding carboxylic acids is 1. The number of Topliss-reactive ketones (excluding diaryl/α,β-unsaturated/α-hetero) is 1. The molecule has 0 spiro atoms. The molecule has 2 rings (SSSR count). The van der Waals surface area contributed by atoms with Gasteiger partial charge in [-0.05, 0) is 46.3 Å². The first-order valence-electron chi connectivity index (χ1n) is 7.19. The second-order valence-corrected chi connectivity index (χ2v) is 5.91. The normalized spacial score (nSPS) is 12.0. The number of aromatic nitrogens is 1. The van der Waals surface area contributed by atoms with Crippen LogP contribution >= 0.6 is 15.9 Å². The molecule has 0 radical (unpaired) electrons. The van der Waals surface area contributed by atoms with E-state index in [9.17, 15) is 22.4 Å². The summed E-state index contributed by atoms with van der Waals surface area (Å²) in [6, 6.07) is 5.00. The van der Waals surface area contributed by atoms with Crippen molar-refractivity contribution in [2.75, 3.05) is 13.7 Å². The number of methoxy groups -OCH3 is 1. The number of hydrogen-bond acceptors (Lipinski definition) is 5. The summed E-state index contributed by atoms with van der Waals surface area (Å²) in [6.45, 7) is -0.697. The molecule has 1 heterocycles. The average molecular weight is 450 g/mol. The number of ether oxygens (including phenoxy) is 1. The molecule has 0 amide bonds. The van der Waals surface area contributed by atoms with Crippen LogP contribution < -0.4 is 10.5 Å². The number of nitrogens with zero attached hydrogens (tertiary/aromatic N) is 2. The molecule has 0 aliphatic carbocycles. The molecular formula is C16H12BrF4N3O3. The third-order valence-corrected chi connectivity index (χ3v) is 3.83. The van der Waals surface area contributed by atoms with Crippen molar-refractivity contribution < 1.29 is 31.9 Å². The van der Waals surface area contributed by atoms with E-state index in [4.69, 9.17) is 15.3 Å². The number of rotatable bonds is 6. The molecule has 0 bridgehead atoms. The smallest absolute Gasteiger partial charge is 0.419 e. The summed E-state index contributed by atoms with van der Waals surface area (Å²) in [7, 11) is 1.40. The first-order chi connectivity index (χ1) is 12.6. The number of nitrogens with two attached hydrogens (primary N) is 1. The van der Waals surface area contributed by atoms with E-state index in [2.05, 4.69) is 26.1 Å². The van der Waals surface area contributed by atoms with Gasteiger partial charge in [0, 0.05) is 5.56 Å². The van der Waals surface area contributed by atoms with Gasteiger partial charge in [0.05, 0.1) is 17.1 Å². The van der Waals surface area contributed by atoms with Crippen molar-refractivity contribution in [1.82, 2.24) is 4.98 Å². The highest BCUT2D eigenvalue weighted by molar-refractivity contribution is 9.10. The number of alkyl halides is 3. The minimum atomic E-state index is -4.92. The summed E-state index contributed by atoms with van der Waals surface area (Å²) in [5, 5.41) is 3.50. The molecule has 2 aromatic rings. The van der Waals surface area contributed by atoms with Gasteiger partial charge < -0.3 is 15.3 Å². The summed E-state index contributed by atoms with van der Waals surface area (Å²) in [6.07, 6.45) is -4.92. The maximum Gasteiger partial charge on any atom is 0.419 e. The summed E-state index contributed by atoms with van der Waals surface area (Å²) in [5.74, 6) is -2.24. The topological polar surface area (TPSA) is 86.8 Å². The zero-order valence-electron chi connectivity index (χ0n) is 13.7. The number of amidine groups is 1. The lowest BCUT2D eigenvalue weighted by molar-refractivity contribution is -0.140. The summed E-state index contributed by atoms with van der Waals surface area (Å²) in [4.78, 5) is 20.7. The molecule has 0 aliphatic rings. The van der Waals surface area contributed by atoms with Gasteiger partial charge in [0.15, 0.2) is 12.4 Å². The number of carbonyl (C=O) groups is 1. The van der Waals surface area contributed by atoms with Crippen molar-refractivity contribution in [1.29, 1.82) is 0 Å². The van der Waals surface area contributed by atoms with Crippen LogP contribution in [0.4, 0.5) is 17.6 Å². The van der Waals surface area contributed by atoms with Crippen molar-refractivity contribution in [2.24, 2.45) is 10.9 Å². The molecule has 27 heavy (non-hydrogen) atoms. The zero-order valence-corrected chi connectivity index (χ0v) is 15.3. The Bertz CT molecular complexity index is 888. The molecule has 1 aromatic heterocycles. The van der Waals surface area contributed by atoms with E-state index >= 15 is 0 Å². The summed E-state index contributed by atoms with van der Waals surface area (Å²) < 4.78 is 56.9. The van der Waals surface area contributed by atoms with E-state index in [1.807, 2.05) is 0 Å². The molecule has 0 saturated heterocycles. The maximum atomic E-state index is 13.2. The highest BCUT2D eigenvalue weighted by Crippen LogP contribution is 2.32. The van der Waals surface area contributed by atoms with Crippen molar-refractivity contribution in [3.63, 3.8) is 0 Å². The Morgan fingerprint density at radius 1 is 1.30 bits per heavy atom. The lowest BCUT2D eigenvalue weighted by atomic mass is 10.1. The van der Waals surface area contributed by atoms with E-state index in [-0.39, 0.29) is 23.0 Å². The van der Waals surface area contributed by atoms with E-state index in [0.29, 0.717) is 16.6 Å². The van der Waals surface area contributed by atoms with Gasteiger partial charge in [-0.25, -0.2) is 9.37 Å². The molecule has 0 unspecified atom stereocenters. The van der Waals surface area contributed by atoms with Crippen molar-refractivity contribution in [3.8, 4) is 5.88 Å². The Morgan fingerprint density at radius 2 is 2.00 bits per heavy atom. The van der Waals surface area contributed by atoms with Gasteiger partial charge in [-0.2, -0.15) is 13.2 Å². The Hall–Kier alpha value is -2.69. The fraction of sp³-hybridized carbons (Fsp3) is 0.188. The molecule has 0 aliphatic heterocycles. The van der Waals surface area contributed by atoms with Crippen molar-refractivity contribution >= 4 is 27.5 Å². The first kappa shape index (κ1) is 20.6. The second-order valence-electron chi connectivity index (χ2n) is 5.05. The third-order valence-electron chi connectivity index (χ3n) is 3.22. The van der Waals surface area contributed by atoms with Crippen LogP contribution in [0.3, 0.4) is 0 Å². The number of oxime groups is 1. The largest absolute Gasteiger partial charge is 0.480 e. The predicted molar refractivity (Wildman–Crippen MR) is 90.9 cm³/mol. The average Bonchev–Trinajstić information content (AvgIpc) is 2.61. The molecule has 1 aromatic carbocycles. The Kier molecular flexibility index (Phi) is 6.37. The van der Waals surface area contributed by atoms with Gasteiger partial charge in [-0.3, -0.25) is 4.79 Å². The summed E-state index contributed by atoms with van der Waals surface area (Å²) in [5.41, 5.74) is 3.96. The van der Waals surface area contributed by atoms with Crippen molar-refractivity contribution in [3.05, 3.63) is 57.4 Å².